The fraction of sp³-hybridized carbons (Fsp3) is 0.227. The van der Waals surface area contributed by atoms with Crippen LogP contribution >= 0.6 is 0 Å². The highest BCUT2D eigenvalue weighted by molar-refractivity contribution is 6.23. The predicted octanol–water partition coefficient (Wildman–Crippen LogP) is 5.55. The van der Waals surface area contributed by atoms with Crippen LogP contribution in [0.5, 0.6) is 0 Å². The molecule has 0 radical (unpaired) electrons. The first kappa shape index (κ1) is 14.9. The highest BCUT2D eigenvalue weighted by atomic mass is 16.4. The van der Waals surface area contributed by atoms with Gasteiger partial charge in [-0.2, -0.15) is 0 Å². The van der Waals surface area contributed by atoms with Crippen LogP contribution in [0.15, 0.2) is 48.5 Å². The zero-order chi connectivity index (χ0) is 16.7. The minimum Gasteiger partial charge on any atom is -0.481 e. The molecule has 24 heavy (non-hydrogen) atoms. The molecule has 0 aromatic heterocycles. The van der Waals surface area contributed by atoms with Crippen LogP contribution in [0.3, 0.4) is 0 Å². The number of aliphatic carboxylic acids is 1. The van der Waals surface area contributed by atoms with E-state index in [1.807, 2.05) is 0 Å². The van der Waals surface area contributed by atoms with Gasteiger partial charge in [-0.3, -0.25) is 4.79 Å². The molecule has 0 unspecified atom stereocenters. The summed E-state index contributed by atoms with van der Waals surface area (Å²) in [4.78, 5) is 11.1. The Bertz CT molecular complexity index is 1030. The first-order valence-electron chi connectivity index (χ1n) is 8.59. The van der Waals surface area contributed by atoms with Gasteiger partial charge in [-0.25, -0.2) is 0 Å². The van der Waals surface area contributed by atoms with Gasteiger partial charge in [-0.05, 0) is 56.3 Å². The van der Waals surface area contributed by atoms with Gasteiger partial charge >= 0.3 is 5.97 Å². The van der Waals surface area contributed by atoms with E-state index in [0.717, 1.165) is 12.8 Å². The van der Waals surface area contributed by atoms with Gasteiger partial charge in [0.2, 0.25) is 0 Å². The molecule has 4 aromatic carbocycles. The van der Waals surface area contributed by atoms with Crippen molar-refractivity contribution in [1.82, 2.24) is 0 Å². The molecule has 4 rings (SSSR count). The van der Waals surface area contributed by atoms with Crippen molar-refractivity contribution in [2.45, 2.75) is 32.6 Å². The zero-order valence-electron chi connectivity index (χ0n) is 13.8. The Labute approximate surface area is 141 Å². The normalized spacial score (nSPS) is 11.7. The van der Waals surface area contributed by atoms with Crippen LogP contribution in [-0.2, 0) is 17.6 Å². The van der Waals surface area contributed by atoms with Gasteiger partial charge in [-0.15, -0.1) is 0 Å². The van der Waals surface area contributed by atoms with Crippen molar-refractivity contribution >= 4 is 38.3 Å². The Kier molecular flexibility index (Phi) is 3.61. The topological polar surface area (TPSA) is 37.3 Å². The van der Waals surface area contributed by atoms with Crippen LogP contribution < -0.4 is 0 Å². The third kappa shape index (κ3) is 2.30. The standard InChI is InChI=1S/C22H20O2/c1-2-4-16-13-17-8-7-14-5-3-6-15-9-10-19(22(17)21(14)15)18(16)11-12-20(23)24/h3,5-10,13H,2,4,11-12H2,1H3,(H,23,24). The lowest BCUT2D eigenvalue weighted by molar-refractivity contribution is -0.136. The third-order valence-electron chi connectivity index (χ3n) is 4.96. The van der Waals surface area contributed by atoms with Crippen molar-refractivity contribution in [2.75, 3.05) is 0 Å². The maximum atomic E-state index is 11.1. The minimum absolute atomic E-state index is 0.181. The second-order valence-electron chi connectivity index (χ2n) is 6.51. The van der Waals surface area contributed by atoms with Crippen LogP contribution in [0.2, 0.25) is 0 Å². The molecule has 4 aromatic rings. The second kappa shape index (κ2) is 5.79. The fourth-order valence-electron chi connectivity index (χ4n) is 3.95. The van der Waals surface area contributed by atoms with Crippen LogP contribution in [0.1, 0.15) is 30.9 Å². The molecule has 120 valence electrons. The first-order valence-corrected chi connectivity index (χ1v) is 8.59. The fourth-order valence-corrected chi connectivity index (χ4v) is 3.95. The Balaban J connectivity index is 2.09. The van der Waals surface area contributed by atoms with E-state index in [-0.39, 0.29) is 6.42 Å². The summed E-state index contributed by atoms with van der Waals surface area (Å²) < 4.78 is 0. The summed E-state index contributed by atoms with van der Waals surface area (Å²) in [6, 6.07) is 17.4. The minimum atomic E-state index is -0.733. The van der Waals surface area contributed by atoms with Gasteiger partial charge in [0.15, 0.2) is 0 Å². The van der Waals surface area contributed by atoms with Gasteiger partial charge in [0.1, 0.15) is 0 Å². The number of benzene rings is 4. The summed E-state index contributed by atoms with van der Waals surface area (Å²) >= 11 is 0. The van der Waals surface area contributed by atoms with Crippen molar-refractivity contribution in [3.05, 3.63) is 59.7 Å². The molecule has 0 heterocycles. The van der Waals surface area contributed by atoms with E-state index in [1.54, 1.807) is 0 Å². The Morgan fingerprint density at radius 2 is 1.62 bits per heavy atom. The lowest BCUT2D eigenvalue weighted by Gasteiger charge is -2.17. The molecule has 0 bridgehead atoms. The summed E-state index contributed by atoms with van der Waals surface area (Å²) in [5, 5.41) is 16.7. The number of hydrogen-bond acceptors (Lipinski definition) is 1. The third-order valence-corrected chi connectivity index (χ3v) is 4.96. The Hall–Kier alpha value is -2.61. The van der Waals surface area contributed by atoms with E-state index in [0.29, 0.717) is 6.42 Å². The number of hydrogen-bond donors (Lipinski definition) is 1. The Morgan fingerprint density at radius 3 is 2.33 bits per heavy atom. The van der Waals surface area contributed by atoms with Gasteiger partial charge in [0.05, 0.1) is 0 Å². The molecule has 0 atom stereocenters. The molecule has 0 saturated heterocycles. The summed E-state index contributed by atoms with van der Waals surface area (Å²) in [7, 11) is 0. The molecule has 0 spiro atoms. The van der Waals surface area contributed by atoms with E-state index < -0.39 is 5.97 Å². The molecule has 0 aliphatic rings. The zero-order valence-corrected chi connectivity index (χ0v) is 13.8. The smallest absolute Gasteiger partial charge is 0.303 e. The summed E-state index contributed by atoms with van der Waals surface area (Å²) in [5.41, 5.74) is 2.51. The van der Waals surface area contributed by atoms with Crippen molar-refractivity contribution < 1.29 is 9.90 Å². The van der Waals surface area contributed by atoms with E-state index in [4.69, 9.17) is 5.11 Å². The maximum Gasteiger partial charge on any atom is 0.303 e. The molecule has 2 heteroatoms. The molecule has 0 aliphatic carbocycles. The largest absolute Gasteiger partial charge is 0.481 e. The highest BCUT2D eigenvalue weighted by Gasteiger charge is 2.15. The van der Waals surface area contributed by atoms with Crippen molar-refractivity contribution in [2.24, 2.45) is 0 Å². The molecule has 2 nitrogen and oxygen atoms in total. The molecule has 0 aliphatic heterocycles. The lowest BCUT2D eigenvalue weighted by Crippen LogP contribution is -2.02. The Morgan fingerprint density at radius 1 is 0.917 bits per heavy atom. The maximum absolute atomic E-state index is 11.1. The lowest BCUT2D eigenvalue weighted by atomic mass is 9.87. The van der Waals surface area contributed by atoms with Crippen molar-refractivity contribution in [3.8, 4) is 0 Å². The number of carbonyl (C=O) groups is 1. The summed E-state index contributed by atoms with van der Waals surface area (Å²) in [5.74, 6) is -0.733. The van der Waals surface area contributed by atoms with E-state index in [1.165, 1.54) is 43.4 Å². The molecule has 0 amide bonds. The summed E-state index contributed by atoms with van der Waals surface area (Å²) in [6.07, 6.45) is 2.83. The number of aryl methyl sites for hydroxylation is 2. The van der Waals surface area contributed by atoms with Crippen LogP contribution in [0.4, 0.5) is 0 Å². The number of rotatable bonds is 5. The van der Waals surface area contributed by atoms with Gasteiger partial charge in [-0.1, -0.05) is 61.9 Å². The molecular formula is C22H20O2. The summed E-state index contributed by atoms with van der Waals surface area (Å²) in [6.45, 7) is 2.17. The first-order chi connectivity index (χ1) is 11.7. The van der Waals surface area contributed by atoms with E-state index in [9.17, 15) is 4.79 Å². The van der Waals surface area contributed by atoms with Gasteiger partial charge in [0, 0.05) is 6.42 Å². The highest BCUT2D eigenvalue weighted by Crippen LogP contribution is 2.38. The number of carboxylic acids is 1. The monoisotopic (exact) mass is 316 g/mol. The van der Waals surface area contributed by atoms with Crippen molar-refractivity contribution in [1.29, 1.82) is 0 Å². The van der Waals surface area contributed by atoms with Gasteiger partial charge < -0.3 is 5.11 Å². The molecule has 0 fully saturated rings. The second-order valence-corrected chi connectivity index (χ2v) is 6.51. The molecule has 0 saturated carbocycles. The number of carboxylic acid groups (broad SMARTS) is 1. The SMILES string of the molecule is CCCc1cc2ccc3cccc4ccc(c1CCC(=O)O)c2c34. The van der Waals surface area contributed by atoms with Crippen LogP contribution in [0.25, 0.3) is 32.3 Å². The van der Waals surface area contributed by atoms with Gasteiger partial charge in [0.25, 0.3) is 0 Å². The molecular weight excluding hydrogens is 296 g/mol. The predicted molar refractivity (Wildman–Crippen MR) is 100 cm³/mol. The van der Waals surface area contributed by atoms with Crippen molar-refractivity contribution in [3.63, 3.8) is 0 Å². The van der Waals surface area contributed by atoms with E-state index >= 15 is 0 Å². The van der Waals surface area contributed by atoms with Crippen LogP contribution in [-0.4, -0.2) is 11.1 Å². The van der Waals surface area contributed by atoms with Crippen LogP contribution in [0, 0.1) is 0 Å². The van der Waals surface area contributed by atoms with E-state index in [2.05, 4.69) is 55.5 Å². The average Bonchev–Trinajstić information content (AvgIpc) is 2.58. The quantitative estimate of drug-likeness (QED) is 0.490. The molecule has 1 N–H and O–H groups in total. The average molecular weight is 316 g/mol.